The van der Waals surface area contributed by atoms with Gasteiger partial charge in [-0.1, -0.05) is 19.9 Å². The number of aryl methyl sites for hydroxylation is 2. The fourth-order valence-electron chi connectivity index (χ4n) is 2.43. The lowest BCUT2D eigenvalue weighted by Gasteiger charge is -2.21. The molecule has 0 spiro atoms. The van der Waals surface area contributed by atoms with E-state index in [9.17, 15) is 5.11 Å². The first-order valence-electron chi connectivity index (χ1n) is 6.84. The molecular weight excluding hydrogens is 224 g/mol. The van der Waals surface area contributed by atoms with Crippen molar-refractivity contribution in [2.24, 2.45) is 5.92 Å². The Hall–Kier alpha value is -1.02. The molecule has 0 bridgehead atoms. The van der Waals surface area contributed by atoms with Crippen LogP contribution in [0.1, 0.15) is 49.8 Å². The van der Waals surface area contributed by atoms with Crippen LogP contribution in [0.4, 0.5) is 0 Å². The van der Waals surface area contributed by atoms with Crippen LogP contribution in [-0.4, -0.2) is 18.3 Å². The molecule has 0 amide bonds. The van der Waals surface area contributed by atoms with Gasteiger partial charge in [0.1, 0.15) is 5.75 Å². The Labute approximate surface area is 111 Å². The zero-order valence-corrected chi connectivity index (χ0v) is 12.3. The molecule has 1 N–H and O–H groups in total. The molecule has 1 rings (SSSR count). The van der Waals surface area contributed by atoms with E-state index >= 15 is 0 Å². The minimum atomic E-state index is 0.215. The Bertz CT molecular complexity index is 383. The zero-order valence-electron chi connectivity index (χ0n) is 12.3. The predicted octanol–water partition coefficient (Wildman–Crippen LogP) is 3.82. The second kappa shape index (κ2) is 6.79. The maximum atomic E-state index is 9.59. The van der Waals surface area contributed by atoms with Crippen LogP contribution in [0.15, 0.2) is 12.1 Å². The summed E-state index contributed by atoms with van der Waals surface area (Å²) in [4.78, 5) is 0. The molecule has 102 valence electrons. The molecule has 0 aromatic heterocycles. The number of ether oxygens (including phenoxy) is 1. The standard InChI is InChI=1S/C16H26O2/c1-6-18-16-9-12(4)15(8-13(16)5)14(10-17)7-11(2)3/h8-9,11,14,17H,6-7,10H2,1-5H3. The first-order chi connectivity index (χ1) is 8.49. The van der Waals surface area contributed by atoms with E-state index < -0.39 is 0 Å². The molecule has 1 atom stereocenters. The van der Waals surface area contributed by atoms with Crippen molar-refractivity contribution in [3.63, 3.8) is 0 Å². The Balaban J connectivity index is 3.04. The third kappa shape index (κ3) is 3.74. The van der Waals surface area contributed by atoms with E-state index in [1.807, 2.05) is 6.92 Å². The highest BCUT2D eigenvalue weighted by molar-refractivity contribution is 5.43. The van der Waals surface area contributed by atoms with Crippen LogP contribution in [0.3, 0.4) is 0 Å². The van der Waals surface area contributed by atoms with Gasteiger partial charge in [-0.15, -0.1) is 0 Å². The molecule has 18 heavy (non-hydrogen) atoms. The Morgan fingerprint density at radius 3 is 2.33 bits per heavy atom. The summed E-state index contributed by atoms with van der Waals surface area (Å²) in [6.45, 7) is 11.5. The number of aliphatic hydroxyl groups is 1. The second-order valence-electron chi connectivity index (χ2n) is 5.42. The van der Waals surface area contributed by atoms with Gasteiger partial charge in [0.15, 0.2) is 0 Å². The highest BCUT2D eigenvalue weighted by Gasteiger charge is 2.16. The van der Waals surface area contributed by atoms with Crippen LogP contribution in [-0.2, 0) is 0 Å². The average molecular weight is 250 g/mol. The summed E-state index contributed by atoms with van der Waals surface area (Å²) in [6, 6.07) is 4.26. The van der Waals surface area contributed by atoms with Gasteiger partial charge in [-0.25, -0.2) is 0 Å². The lowest BCUT2D eigenvalue weighted by Crippen LogP contribution is -2.10. The van der Waals surface area contributed by atoms with E-state index in [-0.39, 0.29) is 12.5 Å². The largest absolute Gasteiger partial charge is 0.494 e. The topological polar surface area (TPSA) is 29.5 Å². The van der Waals surface area contributed by atoms with E-state index in [1.165, 1.54) is 11.1 Å². The van der Waals surface area contributed by atoms with E-state index in [0.717, 1.165) is 17.7 Å². The fraction of sp³-hybridized carbons (Fsp3) is 0.625. The van der Waals surface area contributed by atoms with Crippen LogP contribution in [0.25, 0.3) is 0 Å². The van der Waals surface area contributed by atoms with E-state index in [1.54, 1.807) is 0 Å². The smallest absolute Gasteiger partial charge is 0.122 e. The van der Waals surface area contributed by atoms with Crippen molar-refractivity contribution in [1.29, 1.82) is 0 Å². The average Bonchev–Trinajstić information content (AvgIpc) is 2.30. The molecule has 0 fully saturated rings. The second-order valence-corrected chi connectivity index (χ2v) is 5.42. The van der Waals surface area contributed by atoms with Crippen molar-refractivity contribution in [2.75, 3.05) is 13.2 Å². The summed E-state index contributed by atoms with van der Waals surface area (Å²) in [7, 11) is 0. The first-order valence-corrected chi connectivity index (χ1v) is 6.84. The Kier molecular flexibility index (Phi) is 5.67. The third-order valence-electron chi connectivity index (χ3n) is 3.28. The minimum Gasteiger partial charge on any atom is -0.494 e. The van der Waals surface area contributed by atoms with Crippen LogP contribution in [0.2, 0.25) is 0 Å². The van der Waals surface area contributed by atoms with Crippen LogP contribution in [0.5, 0.6) is 5.75 Å². The monoisotopic (exact) mass is 250 g/mol. The number of benzene rings is 1. The van der Waals surface area contributed by atoms with Crippen molar-refractivity contribution in [1.82, 2.24) is 0 Å². The molecule has 1 aromatic rings. The van der Waals surface area contributed by atoms with Gasteiger partial charge in [-0.2, -0.15) is 0 Å². The van der Waals surface area contributed by atoms with Gasteiger partial charge in [0, 0.05) is 12.5 Å². The van der Waals surface area contributed by atoms with Crippen LogP contribution >= 0.6 is 0 Å². The molecule has 0 aliphatic rings. The quantitative estimate of drug-likeness (QED) is 0.831. The van der Waals surface area contributed by atoms with E-state index in [4.69, 9.17) is 4.74 Å². The van der Waals surface area contributed by atoms with Gasteiger partial charge in [-0.3, -0.25) is 0 Å². The van der Waals surface area contributed by atoms with Gasteiger partial charge in [0.2, 0.25) is 0 Å². The van der Waals surface area contributed by atoms with Gasteiger partial charge in [0.05, 0.1) is 6.61 Å². The van der Waals surface area contributed by atoms with E-state index in [0.29, 0.717) is 12.5 Å². The molecule has 0 saturated heterocycles. The third-order valence-corrected chi connectivity index (χ3v) is 3.28. The summed E-state index contributed by atoms with van der Waals surface area (Å²) in [6.07, 6.45) is 1.02. The molecular formula is C16H26O2. The van der Waals surface area contributed by atoms with Crippen molar-refractivity contribution < 1.29 is 9.84 Å². The van der Waals surface area contributed by atoms with Gasteiger partial charge in [-0.05, 0) is 55.9 Å². The molecule has 0 heterocycles. The van der Waals surface area contributed by atoms with Crippen LogP contribution in [0, 0.1) is 19.8 Å². The van der Waals surface area contributed by atoms with Crippen LogP contribution < -0.4 is 4.74 Å². The van der Waals surface area contributed by atoms with Gasteiger partial charge >= 0.3 is 0 Å². The van der Waals surface area contributed by atoms with Crippen molar-refractivity contribution in [3.05, 3.63) is 28.8 Å². The number of aliphatic hydroxyl groups excluding tert-OH is 1. The lowest BCUT2D eigenvalue weighted by atomic mass is 9.87. The normalized spacial score (nSPS) is 12.8. The SMILES string of the molecule is CCOc1cc(C)c(C(CO)CC(C)C)cc1C. The Morgan fingerprint density at radius 1 is 1.17 bits per heavy atom. The molecule has 2 heteroatoms. The summed E-state index contributed by atoms with van der Waals surface area (Å²) >= 11 is 0. The summed E-state index contributed by atoms with van der Waals surface area (Å²) in [5.41, 5.74) is 3.62. The Morgan fingerprint density at radius 2 is 1.83 bits per heavy atom. The number of rotatable bonds is 6. The molecule has 0 aliphatic heterocycles. The zero-order chi connectivity index (χ0) is 13.7. The first kappa shape index (κ1) is 15.0. The highest BCUT2D eigenvalue weighted by atomic mass is 16.5. The number of hydrogen-bond donors (Lipinski definition) is 1. The predicted molar refractivity (Wildman–Crippen MR) is 76.4 cm³/mol. The summed E-state index contributed by atoms with van der Waals surface area (Å²) < 4.78 is 5.60. The molecule has 2 nitrogen and oxygen atoms in total. The van der Waals surface area contributed by atoms with Crippen molar-refractivity contribution in [2.45, 2.75) is 47.0 Å². The van der Waals surface area contributed by atoms with Gasteiger partial charge in [0.25, 0.3) is 0 Å². The van der Waals surface area contributed by atoms with Crippen molar-refractivity contribution in [3.8, 4) is 5.75 Å². The number of hydrogen-bond acceptors (Lipinski definition) is 2. The molecule has 1 aromatic carbocycles. The lowest BCUT2D eigenvalue weighted by molar-refractivity contribution is 0.248. The molecule has 0 saturated carbocycles. The van der Waals surface area contributed by atoms with Gasteiger partial charge < -0.3 is 9.84 Å². The highest BCUT2D eigenvalue weighted by Crippen LogP contribution is 2.31. The maximum absolute atomic E-state index is 9.59. The molecule has 0 aliphatic carbocycles. The fourth-order valence-corrected chi connectivity index (χ4v) is 2.43. The van der Waals surface area contributed by atoms with Crippen molar-refractivity contribution >= 4 is 0 Å². The maximum Gasteiger partial charge on any atom is 0.122 e. The summed E-state index contributed by atoms with van der Waals surface area (Å²) in [5.74, 6) is 1.78. The minimum absolute atomic E-state index is 0.215. The molecule has 0 radical (unpaired) electrons. The summed E-state index contributed by atoms with van der Waals surface area (Å²) in [5, 5.41) is 9.59. The van der Waals surface area contributed by atoms with E-state index in [2.05, 4.69) is 39.8 Å². The molecule has 1 unspecified atom stereocenters.